The van der Waals surface area contributed by atoms with E-state index in [0.29, 0.717) is 29.3 Å². The van der Waals surface area contributed by atoms with Gasteiger partial charge in [0.15, 0.2) is 0 Å². The summed E-state index contributed by atoms with van der Waals surface area (Å²) in [6.45, 7) is 6.01. The Morgan fingerprint density at radius 2 is 1.56 bits per heavy atom. The average Bonchev–Trinajstić information content (AvgIpc) is 2.84. The Morgan fingerprint density at radius 1 is 0.882 bits per heavy atom. The molecule has 34 heavy (non-hydrogen) atoms. The first-order valence-corrected chi connectivity index (χ1v) is 12.3. The topological polar surface area (TPSA) is 90.5 Å². The molecule has 3 amide bonds. The van der Waals surface area contributed by atoms with Crippen molar-refractivity contribution in [1.29, 1.82) is 0 Å². The van der Waals surface area contributed by atoms with Crippen LogP contribution in [0.1, 0.15) is 62.7 Å². The largest absolute Gasteiger partial charge is 0.376 e. The number of unbranched alkanes of at least 4 members (excludes halogenated alkanes) is 2. The lowest BCUT2D eigenvalue weighted by Gasteiger charge is -2.30. The zero-order valence-electron chi connectivity index (χ0n) is 20.2. The second kappa shape index (κ2) is 12.8. The van der Waals surface area contributed by atoms with Gasteiger partial charge in [-0.25, -0.2) is 0 Å². The lowest BCUT2D eigenvalue weighted by Crippen LogP contribution is -2.37. The number of anilines is 3. The minimum Gasteiger partial charge on any atom is -0.376 e. The van der Waals surface area contributed by atoms with E-state index < -0.39 is 0 Å². The third kappa shape index (κ3) is 7.90. The number of hydrogen-bond acceptors (Lipinski definition) is 4. The Labute approximate surface area is 202 Å². The van der Waals surface area contributed by atoms with Crippen LogP contribution in [-0.2, 0) is 9.59 Å². The van der Waals surface area contributed by atoms with Crippen molar-refractivity contribution in [2.75, 3.05) is 35.6 Å². The molecule has 1 aliphatic rings. The van der Waals surface area contributed by atoms with E-state index in [1.807, 2.05) is 29.2 Å². The van der Waals surface area contributed by atoms with Crippen LogP contribution in [0.2, 0.25) is 0 Å². The molecule has 0 aliphatic carbocycles. The van der Waals surface area contributed by atoms with Crippen LogP contribution >= 0.6 is 0 Å². The molecule has 0 spiro atoms. The molecule has 1 aliphatic heterocycles. The fourth-order valence-electron chi connectivity index (χ4n) is 3.94. The summed E-state index contributed by atoms with van der Waals surface area (Å²) >= 11 is 0. The molecule has 3 rings (SSSR count). The van der Waals surface area contributed by atoms with E-state index in [9.17, 15) is 14.4 Å². The van der Waals surface area contributed by atoms with Gasteiger partial charge in [-0.2, -0.15) is 0 Å². The maximum Gasteiger partial charge on any atom is 0.253 e. The van der Waals surface area contributed by atoms with Gasteiger partial charge in [0.2, 0.25) is 11.8 Å². The van der Waals surface area contributed by atoms with Crippen molar-refractivity contribution in [2.45, 2.75) is 52.4 Å². The van der Waals surface area contributed by atoms with E-state index in [0.717, 1.165) is 50.9 Å². The number of nitrogens with one attached hydrogen (secondary N) is 3. The van der Waals surface area contributed by atoms with E-state index in [-0.39, 0.29) is 24.3 Å². The zero-order chi connectivity index (χ0) is 24.3. The first-order valence-electron chi connectivity index (χ1n) is 12.3. The number of carbonyl (C=O) groups is 3. The van der Waals surface area contributed by atoms with Gasteiger partial charge in [0.1, 0.15) is 0 Å². The molecule has 1 saturated heterocycles. The molecule has 2 aromatic carbocycles. The second-order valence-corrected chi connectivity index (χ2v) is 9.04. The number of hydrogen-bond donors (Lipinski definition) is 3. The number of amides is 3. The van der Waals surface area contributed by atoms with Crippen molar-refractivity contribution < 1.29 is 14.4 Å². The maximum absolute atomic E-state index is 12.7. The number of likely N-dealkylation sites (tertiary alicyclic amines) is 1. The predicted molar refractivity (Wildman–Crippen MR) is 137 cm³/mol. The Hall–Kier alpha value is -3.35. The molecule has 3 N–H and O–H groups in total. The van der Waals surface area contributed by atoms with Gasteiger partial charge in [0.05, 0.1) is 6.54 Å². The number of carbonyl (C=O) groups excluding carboxylic acids is 3. The molecule has 0 aromatic heterocycles. The SMILES string of the molecule is CCCCCC(=O)Nc1cccc(NCC(=O)Nc2ccc(C(=O)N3CCC(C)CC3)cc2)c1. The van der Waals surface area contributed by atoms with Crippen molar-refractivity contribution in [3.05, 3.63) is 54.1 Å². The summed E-state index contributed by atoms with van der Waals surface area (Å²) in [5.74, 6) is 0.522. The lowest BCUT2D eigenvalue weighted by molar-refractivity contribution is -0.116. The molecule has 0 atom stereocenters. The molecule has 0 unspecified atom stereocenters. The van der Waals surface area contributed by atoms with Gasteiger partial charge >= 0.3 is 0 Å². The van der Waals surface area contributed by atoms with E-state index in [1.165, 1.54) is 0 Å². The summed E-state index contributed by atoms with van der Waals surface area (Å²) in [7, 11) is 0. The van der Waals surface area contributed by atoms with Gasteiger partial charge in [-0.15, -0.1) is 0 Å². The van der Waals surface area contributed by atoms with Crippen molar-refractivity contribution in [3.63, 3.8) is 0 Å². The summed E-state index contributed by atoms with van der Waals surface area (Å²) in [6.07, 6.45) is 5.60. The minimum atomic E-state index is -0.196. The normalized spacial score (nSPS) is 13.9. The van der Waals surface area contributed by atoms with Crippen molar-refractivity contribution in [3.8, 4) is 0 Å². The summed E-state index contributed by atoms with van der Waals surface area (Å²) in [6, 6.07) is 14.4. The number of nitrogens with zero attached hydrogens (tertiary/aromatic N) is 1. The Balaban J connectivity index is 1.45. The van der Waals surface area contributed by atoms with Gasteiger partial charge < -0.3 is 20.9 Å². The molecule has 182 valence electrons. The number of piperidine rings is 1. The Morgan fingerprint density at radius 3 is 2.26 bits per heavy atom. The zero-order valence-corrected chi connectivity index (χ0v) is 20.2. The second-order valence-electron chi connectivity index (χ2n) is 9.04. The smallest absolute Gasteiger partial charge is 0.253 e. The number of benzene rings is 2. The van der Waals surface area contributed by atoms with E-state index in [4.69, 9.17) is 0 Å². The molecular formula is C27H36N4O3. The fraction of sp³-hybridized carbons (Fsp3) is 0.444. The van der Waals surface area contributed by atoms with Crippen LogP contribution in [0.15, 0.2) is 48.5 Å². The summed E-state index contributed by atoms with van der Waals surface area (Å²) in [5.41, 5.74) is 2.73. The lowest BCUT2D eigenvalue weighted by atomic mass is 9.98. The molecule has 0 saturated carbocycles. The van der Waals surface area contributed by atoms with Crippen LogP contribution in [0.4, 0.5) is 17.1 Å². The van der Waals surface area contributed by atoms with Crippen LogP contribution in [0.3, 0.4) is 0 Å². The molecule has 0 bridgehead atoms. The van der Waals surface area contributed by atoms with Crippen LogP contribution in [0.25, 0.3) is 0 Å². The highest BCUT2D eigenvalue weighted by molar-refractivity contribution is 5.97. The van der Waals surface area contributed by atoms with Crippen molar-refractivity contribution in [1.82, 2.24) is 4.90 Å². The van der Waals surface area contributed by atoms with Crippen LogP contribution < -0.4 is 16.0 Å². The van der Waals surface area contributed by atoms with Gasteiger partial charge in [-0.1, -0.05) is 32.8 Å². The Bertz CT molecular complexity index is 966. The maximum atomic E-state index is 12.7. The third-order valence-corrected chi connectivity index (χ3v) is 6.09. The van der Waals surface area contributed by atoms with Gasteiger partial charge in [-0.05, 0) is 67.6 Å². The standard InChI is InChI=1S/C27H36N4O3/c1-3-4-5-9-25(32)30-24-8-6-7-23(18-24)28-19-26(33)29-22-12-10-21(11-13-22)27(34)31-16-14-20(2)15-17-31/h6-8,10-13,18,20,28H,3-5,9,14-17,19H2,1-2H3,(H,29,33)(H,30,32). The summed E-state index contributed by atoms with van der Waals surface area (Å²) < 4.78 is 0. The predicted octanol–water partition coefficient (Wildman–Crippen LogP) is 5.13. The monoisotopic (exact) mass is 464 g/mol. The fourth-order valence-corrected chi connectivity index (χ4v) is 3.94. The number of rotatable bonds is 10. The van der Waals surface area contributed by atoms with Crippen LogP contribution in [0.5, 0.6) is 0 Å². The van der Waals surface area contributed by atoms with Crippen molar-refractivity contribution in [2.24, 2.45) is 5.92 Å². The quantitative estimate of drug-likeness (QED) is 0.425. The Kier molecular flexibility index (Phi) is 9.50. The molecule has 7 heteroatoms. The molecule has 1 heterocycles. The average molecular weight is 465 g/mol. The minimum absolute atomic E-state index is 0.000108. The highest BCUT2D eigenvalue weighted by Crippen LogP contribution is 2.19. The van der Waals surface area contributed by atoms with Gasteiger partial charge in [0, 0.05) is 42.1 Å². The van der Waals surface area contributed by atoms with E-state index in [2.05, 4.69) is 29.8 Å². The molecule has 1 fully saturated rings. The third-order valence-electron chi connectivity index (χ3n) is 6.09. The molecule has 2 aromatic rings. The highest BCUT2D eigenvalue weighted by Gasteiger charge is 2.21. The van der Waals surface area contributed by atoms with Gasteiger partial charge in [0.25, 0.3) is 5.91 Å². The van der Waals surface area contributed by atoms with Gasteiger partial charge in [-0.3, -0.25) is 14.4 Å². The first kappa shape index (κ1) is 25.3. The summed E-state index contributed by atoms with van der Waals surface area (Å²) in [5, 5.41) is 8.82. The van der Waals surface area contributed by atoms with Crippen LogP contribution in [-0.4, -0.2) is 42.3 Å². The van der Waals surface area contributed by atoms with Crippen molar-refractivity contribution >= 4 is 34.8 Å². The van der Waals surface area contributed by atoms with E-state index >= 15 is 0 Å². The molecular weight excluding hydrogens is 428 g/mol. The van der Waals surface area contributed by atoms with Crippen LogP contribution in [0, 0.1) is 5.92 Å². The first-order chi connectivity index (χ1) is 16.4. The molecule has 7 nitrogen and oxygen atoms in total. The molecule has 0 radical (unpaired) electrons. The highest BCUT2D eigenvalue weighted by atomic mass is 16.2. The van der Waals surface area contributed by atoms with E-state index in [1.54, 1.807) is 24.3 Å². The summed E-state index contributed by atoms with van der Waals surface area (Å²) in [4.78, 5) is 39.0.